The number of rotatable bonds is 2. The Labute approximate surface area is 86.0 Å². The highest BCUT2D eigenvalue weighted by molar-refractivity contribution is 9.10. The minimum absolute atomic E-state index is 0.598. The quantitative estimate of drug-likeness (QED) is 0.746. The summed E-state index contributed by atoms with van der Waals surface area (Å²) in [5, 5.41) is 0. The van der Waals surface area contributed by atoms with E-state index in [0.717, 1.165) is 21.9 Å². The molecule has 0 aliphatic heterocycles. The van der Waals surface area contributed by atoms with Crippen LogP contribution in [0.4, 0.5) is 0 Å². The van der Waals surface area contributed by atoms with Gasteiger partial charge in [0.25, 0.3) is 0 Å². The number of hydrogen-bond acceptors (Lipinski definition) is 2. The average Bonchev–Trinajstić information content (AvgIpc) is 2.13. The third-order valence-electron chi connectivity index (χ3n) is 1.98. The van der Waals surface area contributed by atoms with Gasteiger partial charge in [0.15, 0.2) is 6.29 Å². The Hall–Kier alpha value is -0.830. The van der Waals surface area contributed by atoms with Gasteiger partial charge in [0.1, 0.15) is 5.75 Å². The lowest BCUT2D eigenvalue weighted by molar-refractivity contribution is 0.112. The Morgan fingerprint density at radius 3 is 2.54 bits per heavy atom. The standard InChI is InChI=1S/C10H11BrO2/c1-6-4-8(5-12)10(13-3)7(2)9(6)11/h4-5H,1-3H3. The lowest BCUT2D eigenvalue weighted by atomic mass is 10.1. The van der Waals surface area contributed by atoms with Crippen LogP contribution in [-0.4, -0.2) is 13.4 Å². The highest BCUT2D eigenvalue weighted by atomic mass is 79.9. The summed E-state index contributed by atoms with van der Waals surface area (Å²) in [4.78, 5) is 10.7. The van der Waals surface area contributed by atoms with Crippen LogP contribution in [0.3, 0.4) is 0 Å². The first kappa shape index (κ1) is 10.3. The molecule has 0 aromatic heterocycles. The second-order valence-corrected chi connectivity index (χ2v) is 3.67. The zero-order chi connectivity index (χ0) is 10.0. The van der Waals surface area contributed by atoms with E-state index >= 15 is 0 Å². The van der Waals surface area contributed by atoms with E-state index in [1.54, 1.807) is 7.11 Å². The lowest BCUT2D eigenvalue weighted by Crippen LogP contribution is -1.96. The number of methoxy groups -OCH3 is 1. The van der Waals surface area contributed by atoms with Crippen LogP contribution in [-0.2, 0) is 0 Å². The normalized spacial score (nSPS) is 9.85. The molecule has 0 heterocycles. The number of halogens is 1. The van der Waals surface area contributed by atoms with Crippen LogP contribution < -0.4 is 4.74 Å². The first-order chi connectivity index (χ1) is 6.11. The van der Waals surface area contributed by atoms with E-state index in [-0.39, 0.29) is 0 Å². The van der Waals surface area contributed by atoms with Crippen molar-refractivity contribution in [2.24, 2.45) is 0 Å². The molecule has 0 radical (unpaired) electrons. The third kappa shape index (κ3) is 1.75. The molecule has 1 aromatic rings. The van der Waals surface area contributed by atoms with Gasteiger partial charge in [-0.25, -0.2) is 0 Å². The molecule has 3 heteroatoms. The van der Waals surface area contributed by atoms with Crippen LogP contribution in [0.25, 0.3) is 0 Å². The Kier molecular flexibility index (Phi) is 3.09. The highest BCUT2D eigenvalue weighted by Crippen LogP contribution is 2.31. The Morgan fingerprint density at radius 2 is 2.08 bits per heavy atom. The van der Waals surface area contributed by atoms with Crippen molar-refractivity contribution in [3.8, 4) is 5.75 Å². The maximum atomic E-state index is 10.7. The molecule has 0 aliphatic carbocycles. The number of ether oxygens (including phenoxy) is 1. The van der Waals surface area contributed by atoms with E-state index in [2.05, 4.69) is 15.9 Å². The first-order valence-electron chi connectivity index (χ1n) is 3.90. The predicted octanol–water partition coefficient (Wildman–Crippen LogP) is 2.89. The summed E-state index contributed by atoms with van der Waals surface area (Å²) in [7, 11) is 1.57. The summed E-state index contributed by atoms with van der Waals surface area (Å²) in [5.41, 5.74) is 2.60. The topological polar surface area (TPSA) is 26.3 Å². The second kappa shape index (κ2) is 3.92. The second-order valence-electron chi connectivity index (χ2n) is 2.87. The van der Waals surface area contributed by atoms with Crippen molar-refractivity contribution in [1.82, 2.24) is 0 Å². The van der Waals surface area contributed by atoms with Crippen molar-refractivity contribution in [2.45, 2.75) is 13.8 Å². The van der Waals surface area contributed by atoms with Gasteiger partial charge in [0.05, 0.1) is 12.7 Å². The summed E-state index contributed by atoms with van der Waals surface area (Å²) in [5.74, 6) is 0.646. The molecule has 0 saturated heterocycles. The monoisotopic (exact) mass is 242 g/mol. The molecule has 0 aliphatic rings. The zero-order valence-electron chi connectivity index (χ0n) is 7.85. The zero-order valence-corrected chi connectivity index (χ0v) is 9.44. The van der Waals surface area contributed by atoms with Gasteiger partial charge in [-0.2, -0.15) is 0 Å². The lowest BCUT2D eigenvalue weighted by Gasteiger charge is -2.11. The van der Waals surface area contributed by atoms with E-state index in [1.807, 2.05) is 19.9 Å². The molecule has 0 spiro atoms. The van der Waals surface area contributed by atoms with Crippen molar-refractivity contribution in [2.75, 3.05) is 7.11 Å². The number of aryl methyl sites for hydroxylation is 1. The molecule has 13 heavy (non-hydrogen) atoms. The van der Waals surface area contributed by atoms with Crippen molar-refractivity contribution in [3.63, 3.8) is 0 Å². The van der Waals surface area contributed by atoms with Gasteiger partial charge in [0.2, 0.25) is 0 Å². The molecule has 0 amide bonds. The van der Waals surface area contributed by atoms with Gasteiger partial charge in [0, 0.05) is 10.0 Å². The number of carbonyl (C=O) groups is 1. The fourth-order valence-corrected chi connectivity index (χ4v) is 1.63. The molecule has 0 fully saturated rings. The molecule has 0 unspecified atom stereocenters. The summed E-state index contributed by atoms with van der Waals surface area (Å²) in [6.07, 6.45) is 0.811. The smallest absolute Gasteiger partial charge is 0.153 e. The Balaban J connectivity index is 3.47. The maximum Gasteiger partial charge on any atom is 0.153 e. The van der Waals surface area contributed by atoms with Crippen LogP contribution in [0.5, 0.6) is 5.75 Å². The predicted molar refractivity (Wildman–Crippen MR) is 55.6 cm³/mol. The molecule has 2 nitrogen and oxygen atoms in total. The largest absolute Gasteiger partial charge is 0.496 e. The van der Waals surface area contributed by atoms with E-state index in [9.17, 15) is 4.79 Å². The summed E-state index contributed by atoms with van der Waals surface area (Å²) >= 11 is 3.44. The maximum absolute atomic E-state index is 10.7. The molecule has 0 saturated carbocycles. The molecular weight excluding hydrogens is 232 g/mol. The number of aldehydes is 1. The van der Waals surface area contributed by atoms with Crippen LogP contribution in [0.15, 0.2) is 10.5 Å². The van der Waals surface area contributed by atoms with Gasteiger partial charge < -0.3 is 4.74 Å². The van der Waals surface area contributed by atoms with Crippen molar-refractivity contribution in [3.05, 3.63) is 27.2 Å². The molecule has 1 rings (SSSR count). The Morgan fingerprint density at radius 1 is 1.46 bits per heavy atom. The fraction of sp³-hybridized carbons (Fsp3) is 0.300. The van der Waals surface area contributed by atoms with Crippen molar-refractivity contribution in [1.29, 1.82) is 0 Å². The third-order valence-corrected chi connectivity index (χ3v) is 3.20. The Bertz CT molecular complexity index is 345. The van der Waals surface area contributed by atoms with E-state index in [1.165, 1.54) is 0 Å². The SMILES string of the molecule is COc1c(C=O)cc(C)c(Br)c1C. The van der Waals surface area contributed by atoms with Gasteiger partial charge >= 0.3 is 0 Å². The van der Waals surface area contributed by atoms with Crippen LogP contribution in [0.2, 0.25) is 0 Å². The number of carbonyl (C=O) groups excluding carboxylic acids is 1. The highest BCUT2D eigenvalue weighted by Gasteiger charge is 2.10. The first-order valence-corrected chi connectivity index (χ1v) is 4.70. The number of benzene rings is 1. The average molecular weight is 243 g/mol. The van der Waals surface area contributed by atoms with Gasteiger partial charge in [-0.15, -0.1) is 0 Å². The van der Waals surface area contributed by atoms with Crippen molar-refractivity contribution < 1.29 is 9.53 Å². The molecular formula is C10H11BrO2. The molecule has 1 aromatic carbocycles. The van der Waals surface area contributed by atoms with Crippen molar-refractivity contribution >= 4 is 22.2 Å². The van der Waals surface area contributed by atoms with Gasteiger partial charge in [-0.1, -0.05) is 15.9 Å². The molecule has 0 atom stereocenters. The minimum atomic E-state index is 0.598. The van der Waals surface area contributed by atoms with Gasteiger partial charge in [-0.05, 0) is 25.5 Å². The van der Waals surface area contributed by atoms with Gasteiger partial charge in [-0.3, -0.25) is 4.79 Å². The van der Waals surface area contributed by atoms with E-state index in [0.29, 0.717) is 11.3 Å². The summed E-state index contributed by atoms with van der Waals surface area (Å²) < 4.78 is 6.14. The minimum Gasteiger partial charge on any atom is -0.496 e. The molecule has 70 valence electrons. The van der Waals surface area contributed by atoms with Crippen LogP contribution >= 0.6 is 15.9 Å². The van der Waals surface area contributed by atoms with Crippen LogP contribution in [0.1, 0.15) is 21.5 Å². The number of hydrogen-bond donors (Lipinski definition) is 0. The summed E-state index contributed by atoms with van der Waals surface area (Å²) in [6.45, 7) is 3.87. The molecule has 0 N–H and O–H groups in total. The van der Waals surface area contributed by atoms with E-state index in [4.69, 9.17) is 4.74 Å². The summed E-state index contributed by atoms with van der Waals surface area (Å²) in [6, 6.07) is 1.81. The fourth-order valence-electron chi connectivity index (χ4n) is 1.33. The molecule has 0 bridgehead atoms. The van der Waals surface area contributed by atoms with E-state index < -0.39 is 0 Å². The van der Waals surface area contributed by atoms with Crippen LogP contribution in [0, 0.1) is 13.8 Å².